The first kappa shape index (κ1) is 12.7. The van der Waals surface area contributed by atoms with Gasteiger partial charge in [-0.15, -0.1) is 0 Å². The van der Waals surface area contributed by atoms with Crippen molar-refractivity contribution in [1.29, 1.82) is 0 Å². The predicted molar refractivity (Wildman–Crippen MR) is 56.0 cm³/mol. The van der Waals surface area contributed by atoms with E-state index in [4.69, 9.17) is 10.6 Å². The molecule has 1 aliphatic rings. The first-order valence-electron chi connectivity index (χ1n) is 4.84. The van der Waals surface area contributed by atoms with Gasteiger partial charge < -0.3 is 9.47 Å². The van der Waals surface area contributed by atoms with Gasteiger partial charge in [0.25, 0.3) is 5.91 Å². The van der Waals surface area contributed by atoms with Gasteiger partial charge in [0.1, 0.15) is 0 Å². The van der Waals surface area contributed by atoms with E-state index in [-0.39, 0.29) is 13.2 Å². The Kier molecular flexibility index (Phi) is 3.66. The molecule has 1 saturated heterocycles. The van der Waals surface area contributed by atoms with Gasteiger partial charge in [0.2, 0.25) is 5.54 Å². The van der Waals surface area contributed by atoms with E-state index in [1.165, 1.54) is 13.2 Å². The molecule has 1 fully saturated rings. The van der Waals surface area contributed by atoms with Crippen LogP contribution >= 0.6 is 0 Å². The second-order valence-corrected chi connectivity index (χ2v) is 3.95. The Hall–Kier alpha value is -1.40. The SMILES string of the molecule is COC(=O)C1(N(N)C(=O)C=C(C)C)COC1. The molecule has 90 valence electrons. The van der Waals surface area contributed by atoms with Gasteiger partial charge in [-0.25, -0.2) is 10.6 Å². The minimum Gasteiger partial charge on any atom is -0.467 e. The number of nitrogens with two attached hydrogens (primary N) is 1. The van der Waals surface area contributed by atoms with Gasteiger partial charge in [-0.05, 0) is 13.8 Å². The molecule has 1 heterocycles. The number of nitrogens with zero attached hydrogens (tertiary/aromatic N) is 1. The number of ether oxygens (including phenoxy) is 2. The topological polar surface area (TPSA) is 81.9 Å². The molecule has 0 aromatic rings. The van der Waals surface area contributed by atoms with Crippen molar-refractivity contribution in [2.24, 2.45) is 5.84 Å². The van der Waals surface area contributed by atoms with E-state index >= 15 is 0 Å². The third-order valence-electron chi connectivity index (χ3n) is 2.36. The van der Waals surface area contributed by atoms with Gasteiger partial charge in [0, 0.05) is 6.08 Å². The highest BCUT2D eigenvalue weighted by atomic mass is 16.6. The Bertz CT molecular complexity index is 330. The van der Waals surface area contributed by atoms with Crippen molar-refractivity contribution in [1.82, 2.24) is 5.01 Å². The molecule has 0 spiro atoms. The summed E-state index contributed by atoms with van der Waals surface area (Å²) in [6.45, 7) is 3.68. The van der Waals surface area contributed by atoms with Gasteiger partial charge in [0.05, 0.1) is 20.3 Å². The Morgan fingerprint density at radius 1 is 1.44 bits per heavy atom. The summed E-state index contributed by atoms with van der Waals surface area (Å²) in [7, 11) is 1.25. The standard InChI is InChI=1S/C10H16N2O4/c1-7(2)4-8(13)12(11)10(5-16-6-10)9(14)15-3/h4H,5-6,11H2,1-3H3. The van der Waals surface area contributed by atoms with Crippen LogP contribution in [0.25, 0.3) is 0 Å². The van der Waals surface area contributed by atoms with E-state index in [1.54, 1.807) is 13.8 Å². The molecule has 6 heteroatoms. The van der Waals surface area contributed by atoms with Gasteiger partial charge in [-0.1, -0.05) is 5.57 Å². The van der Waals surface area contributed by atoms with Crippen LogP contribution in [0.4, 0.5) is 0 Å². The van der Waals surface area contributed by atoms with Gasteiger partial charge in [0.15, 0.2) is 0 Å². The number of hydrogen-bond acceptors (Lipinski definition) is 5. The number of hydrazine groups is 1. The zero-order valence-corrected chi connectivity index (χ0v) is 9.65. The number of carbonyl (C=O) groups is 2. The smallest absolute Gasteiger partial charge is 0.338 e. The van der Waals surface area contributed by atoms with E-state index in [0.29, 0.717) is 0 Å². The second kappa shape index (κ2) is 4.63. The summed E-state index contributed by atoms with van der Waals surface area (Å²) in [6, 6.07) is 0. The van der Waals surface area contributed by atoms with Crippen molar-refractivity contribution in [3.8, 4) is 0 Å². The lowest BCUT2D eigenvalue weighted by Crippen LogP contribution is -2.71. The van der Waals surface area contributed by atoms with Crippen LogP contribution in [0.1, 0.15) is 13.8 Å². The first-order valence-corrected chi connectivity index (χ1v) is 4.84. The average molecular weight is 228 g/mol. The number of methoxy groups -OCH3 is 1. The minimum atomic E-state index is -1.17. The van der Waals surface area contributed by atoms with Crippen molar-refractivity contribution in [3.63, 3.8) is 0 Å². The largest absolute Gasteiger partial charge is 0.467 e. The van der Waals surface area contributed by atoms with Crippen LogP contribution < -0.4 is 5.84 Å². The van der Waals surface area contributed by atoms with E-state index in [2.05, 4.69) is 4.74 Å². The minimum absolute atomic E-state index is 0.0680. The monoisotopic (exact) mass is 228 g/mol. The quantitative estimate of drug-likeness (QED) is 0.233. The van der Waals surface area contributed by atoms with Crippen LogP contribution in [0.3, 0.4) is 0 Å². The summed E-state index contributed by atoms with van der Waals surface area (Å²) in [5, 5.41) is 0.884. The molecule has 1 amide bonds. The molecule has 0 atom stereocenters. The predicted octanol–water partition coefficient (Wildman–Crippen LogP) is -0.403. The maximum Gasteiger partial charge on any atom is 0.338 e. The maximum atomic E-state index is 11.7. The van der Waals surface area contributed by atoms with Crippen molar-refractivity contribution in [2.45, 2.75) is 19.4 Å². The summed E-state index contributed by atoms with van der Waals surface area (Å²) in [4.78, 5) is 23.2. The van der Waals surface area contributed by atoms with E-state index in [9.17, 15) is 9.59 Å². The molecular formula is C10H16N2O4. The zero-order valence-electron chi connectivity index (χ0n) is 9.65. The Labute approximate surface area is 93.9 Å². The average Bonchev–Trinajstić information content (AvgIpc) is 2.14. The molecule has 1 aliphatic heterocycles. The molecule has 16 heavy (non-hydrogen) atoms. The van der Waals surface area contributed by atoms with Crippen molar-refractivity contribution < 1.29 is 19.1 Å². The summed E-state index contributed by atoms with van der Waals surface area (Å²) >= 11 is 0. The van der Waals surface area contributed by atoms with Crippen molar-refractivity contribution >= 4 is 11.9 Å². The number of amides is 1. The van der Waals surface area contributed by atoms with Crippen LogP contribution in [-0.4, -0.2) is 42.7 Å². The fraction of sp³-hybridized carbons (Fsp3) is 0.600. The lowest BCUT2D eigenvalue weighted by molar-refractivity contribution is -0.193. The maximum absolute atomic E-state index is 11.7. The number of allylic oxidation sites excluding steroid dienone is 1. The Morgan fingerprint density at radius 3 is 2.31 bits per heavy atom. The third kappa shape index (κ3) is 2.07. The van der Waals surface area contributed by atoms with Gasteiger partial charge in [-0.3, -0.25) is 9.80 Å². The zero-order chi connectivity index (χ0) is 12.3. The van der Waals surface area contributed by atoms with E-state index in [0.717, 1.165) is 10.6 Å². The summed E-state index contributed by atoms with van der Waals surface area (Å²) in [5.41, 5.74) is -0.363. The number of hydrogen-bond donors (Lipinski definition) is 1. The molecular weight excluding hydrogens is 212 g/mol. The fourth-order valence-corrected chi connectivity index (χ4v) is 1.37. The summed E-state index contributed by atoms with van der Waals surface area (Å²) < 4.78 is 9.56. The van der Waals surface area contributed by atoms with Crippen LogP contribution in [-0.2, 0) is 19.1 Å². The van der Waals surface area contributed by atoms with E-state index in [1.807, 2.05) is 0 Å². The van der Waals surface area contributed by atoms with Crippen molar-refractivity contribution in [2.75, 3.05) is 20.3 Å². The molecule has 0 bridgehead atoms. The summed E-state index contributed by atoms with van der Waals surface area (Å²) in [6.07, 6.45) is 1.36. The molecule has 0 unspecified atom stereocenters. The first-order chi connectivity index (χ1) is 7.44. The highest BCUT2D eigenvalue weighted by molar-refractivity contribution is 5.94. The third-order valence-corrected chi connectivity index (χ3v) is 2.36. The number of rotatable bonds is 3. The lowest BCUT2D eigenvalue weighted by atomic mass is 9.96. The van der Waals surface area contributed by atoms with Crippen LogP contribution in [0.5, 0.6) is 0 Å². The van der Waals surface area contributed by atoms with Gasteiger partial charge in [-0.2, -0.15) is 0 Å². The molecule has 0 aromatic heterocycles. The molecule has 0 aliphatic carbocycles. The highest BCUT2D eigenvalue weighted by Crippen LogP contribution is 2.24. The molecule has 0 saturated carbocycles. The number of carbonyl (C=O) groups excluding carboxylic acids is 2. The molecule has 0 aromatic carbocycles. The molecule has 2 N–H and O–H groups in total. The second-order valence-electron chi connectivity index (χ2n) is 3.95. The lowest BCUT2D eigenvalue weighted by Gasteiger charge is -2.43. The van der Waals surface area contributed by atoms with Crippen LogP contribution in [0.2, 0.25) is 0 Å². The normalized spacial score (nSPS) is 17.0. The Morgan fingerprint density at radius 2 is 2.00 bits per heavy atom. The molecule has 6 nitrogen and oxygen atoms in total. The fourth-order valence-electron chi connectivity index (χ4n) is 1.37. The van der Waals surface area contributed by atoms with Crippen LogP contribution in [0, 0.1) is 0 Å². The molecule has 1 rings (SSSR count). The highest BCUT2D eigenvalue weighted by Gasteiger charge is 2.53. The molecule has 0 radical (unpaired) electrons. The summed E-state index contributed by atoms with van der Waals surface area (Å²) in [5.74, 6) is 4.65. The van der Waals surface area contributed by atoms with E-state index < -0.39 is 17.4 Å². The van der Waals surface area contributed by atoms with Crippen molar-refractivity contribution in [3.05, 3.63) is 11.6 Å². The number of esters is 1. The Balaban J connectivity index is 2.85. The van der Waals surface area contributed by atoms with Gasteiger partial charge >= 0.3 is 5.97 Å². The van der Waals surface area contributed by atoms with Crippen LogP contribution in [0.15, 0.2) is 11.6 Å².